The van der Waals surface area contributed by atoms with Gasteiger partial charge in [0.05, 0.1) is 17.3 Å². The zero-order valence-corrected chi connectivity index (χ0v) is 13.9. The third-order valence-electron chi connectivity index (χ3n) is 5.13. The van der Waals surface area contributed by atoms with Crippen LogP contribution in [-0.4, -0.2) is 41.3 Å². The Bertz CT molecular complexity index is 771. The van der Waals surface area contributed by atoms with Crippen LogP contribution < -0.4 is 4.90 Å². The zero-order chi connectivity index (χ0) is 16.5. The summed E-state index contributed by atoms with van der Waals surface area (Å²) in [5.41, 5.74) is 4.53. The van der Waals surface area contributed by atoms with Crippen molar-refractivity contribution in [3.05, 3.63) is 52.7 Å². The zero-order valence-electron chi connectivity index (χ0n) is 13.9. The second kappa shape index (κ2) is 6.21. The number of hydrogen-bond acceptors (Lipinski definition) is 5. The average Bonchev–Trinajstić information content (AvgIpc) is 3.02. The fourth-order valence-corrected chi connectivity index (χ4v) is 3.49. The van der Waals surface area contributed by atoms with Crippen LogP contribution in [0.15, 0.2) is 30.3 Å². The summed E-state index contributed by atoms with van der Waals surface area (Å²) in [6.45, 7) is 2.90. The van der Waals surface area contributed by atoms with Gasteiger partial charge in [-0.1, -0.05) is 12.1 Å². The molecule has 0 radical (unpaired) electrons. The van der Waals surface area contributed by atoms with Gasteiger partial charge in [-0.25, -0.2) is 0 Å². The molecule has 2 heterocycles. The SMILES string of the molecule is CN(Cc1ccc(C#N)cc1)C1CN(c2cc3c(nn2)CCC3)C1. The van der Waals surface area contributed by atoms with E-state index in [1.54, 1.807) is 0 Å². The van der Waals surface area contributed by atoms with E-state index in [2.05, 4.69) is 39.2 Å². The van der Waals surface area contributed by atoms with Gasteiger partial charge in [-0.15, -0.1) is 5.10 Å². The summed E-state index contributed by atoms with van der Waals surface area (Å²) < 4.78 is 0. The molecule has 0 atom stereocenters. The standard InChI is InChI=1S/C19H21N5/c1-23(11-15-7-5-14(10-20)6-8-15)17-12-24(13-17)19-9-16-3-2-4-18(16)21-22-19/h5-9,17H,2-4,11-13H2,1H3. The lowest BCUT2D eigenvalue weighted by atomic mass is 10.1. The van der Waals surface area contributed by atoms with Gasteiger partial charge in [0.15, 0.2) is 5.82 Å². The van der Waals surface area contributed by atoms with E-state index in [1.165, 1.54) is 23.2 Å². The number of nitrogens with zero attached hydrogens (tertiary/aromatic N) is 5. The van der Waals surface area contributed by atoms with Crippen LogP contribution in [0, 0.1) is 11.3 Å². The summed E-state index contributed by atoms with van der Waals surface area (Å²) in [5.74, 6) is 1.03. The van der Waals surface area contributed by atoms with E-state index >= 15 is 0 Å². The van der Waals surface area contributed by atoms with E-state index in [4.69, 9.17) is 5.26 Å². The van der Waals surface area contributed by atoms with Crippen LogP contribution in [0.2, 0.25) is 0 Å². The van der Waals surface area contributed by atoms with Crippen molar-refractivity contribution < 1.29 is 0 Å². The van der Waals surface area contributed by atoms with Crippen LogP contribution in [0.5, 0.6) is 0 Å². The minimum atomic E-state index is 0.538. The minimum Gasteiger partial charge on any atom is -0.352 e. The molecule has 1 aromatic heterocycles. The molecule has 0 unspecified atom stereocenters. The molecule has 0 saturated carbocycles. The Labute approximate surface area is 142 Å². The van der Waals surface area contributed by atoms with Gasteiger partial charge in [-0.2, -0.15) is 10.4 Å². The van der Waals surface area contributed by atoms with Crippen molar-refractivity contribution in [2.75, 3.05) is 25.0 Å². The molecule has 0 N–H and O–H groups in total. The first kappa shape index (κ1) is 15.1. The van der Waals surface area contributed by atoms with Gasteiger partial charge in [-0.3, -0.25) is 4.90 Å². The molecule has 122 valence electrons. The summed E-state index contributed by atoms with van der Waals surface area (Å²) in [6.07, 6.45) is 3.44. The Morgan fingerprint density at radius 2 is 2.00 bits per heavy atom. The first-order valence-corrected chi connectivity index (χ1v) is 8.52. The molecule has 0 amide bonds. The predicted octanol–water partition coefficient (Wildman–Crippen LogP) is 2.16. The van der Waals surface area contributed by atoms with E-state index in [0.29, 0.717) is 11.6 Å². The molecule has 5 heteroatoms. The quantitative estimate of drug-likeness (QED) is 0.864. The number of fused-ring (bicyclic) bond motifs is 1. The monoisotopic (exact) mass is 319 g/mol. The molecule has 2 aliphatic rings. The molecule has 4 rings (SSSR count). The molecule has 1 aliphatic heterocycles. The second-order valence-corrected chi connectivity index (χ2v) is 6.81. The molecule has 1 fully saturated rings. The summed E-state index contributed by atoms with van der Waals surface area (Å²) in [6, 6.07) is 12.8. The van der Waals surface area contributed by atoms with Crippen LogP contribution in [-0.2, 0) is 19.4 Å². The van der Waals surface area contributed by atoms with Gasteiger partial charge in [-0.05, 0) is 55.6 Å². The summed E-state index contributed by atoms with van der Waals surface area (Å²) in [7, 11) is 2.16. The van der Waals surface area contributed by atoms with Gasteiger partial charge < -0.3 is 4.90 Å². The van der Waals surface area contributed by atoms with Crippen molar-refractivity contribution in [3.8, 4) is 6.07 Å². The van der Waals surface area contributed by atoms with Crippen LogP contribution in [0.1, 0.15) is 28.8 Å². The smallest absolute Gasteiger partial charge is 0.151 e. The lowest BCUT2D eigenvalue weighted by molar-refractivity contribution is 0.196. The van der Waals surface area contributed by atoms with E-state index in [-0.39, 0.29) is 0 Å². The number of benzene rings is 1. The highest BCUT2D eigenvalue weighted by molar-refractivity contribution is 5.45. The molecule has 1 aliphatic carbocycles. The molecule has 5 nitrogen and oxygen atoms in total. The summed E-state index contributed by atoms with van der Waals surface area (Å²) in [4.78, 5) is 4.68. The third-order valence-corrected chi connectivity index (χ3v) is 5.13. The van der Waals surface area contributed by atoms with E-state index < -0.39 is 0 Å². The molecular formula is C19H21N5. The number of aromatic nitrogens is 2. The number of hydrogen-bond donors (Lipinski definition) is 0. The van der Waals surface area contributed by atoms with Crippen molar-refractivity contribution in [2.45, 2.75) is 31.8 Å². The number of likely N-dealkylation sites (N-methyl/N-ethyl adjacent to an activating group) is 1. The fourth-order valence-electron chi connectivity index (χ4n) is 3.49. The maximum atomic E-state index is 8.86. The van der Waals surface area contributed by atoms with E-state index in [1.807, 2.05) is 24.3 Å². The third kappa shape index (κ3) is 2.85. The molecule has 2 aromatic rings. The van der Waals surface area contributed by atoms with Crippen molar-refractivity contribution in [1.29, 1.82) is 5.26 Å². The summed E-state index contributed by atoms with van der Waals surface area (Å²) in [5, 5.41) is 17.6. The maximum absolute atomic E-state index is 8.86. The van der Waals surface area contributed by atoms with Crippen molar-refractivity contribution >= 4 is 5.82 Å². The van der Waals surface area contributed by atoms with Crippen LogP contribution >= 0.6 is 0 Å². The lowest BCUT2D eigenvalue weighted by Gasteiger charge is -2.44. The number of anilines is 1. The van der Waals surface area contributed by atoms with Gasteiger partial charge in [0.25, 0.3) is 0 Å². The number of aryl methyl sites for hydroxylation is 2. The molecule has 0 spiro atoms. The topological polar surface area (TPSA) is 56.1 Å². The Morgan fingerprint density at radius 1 is 1.21 bits per heavy atom. The molecule has 0 bridgehead atoms. The van der Waals surface area contributed by atoms with Crippen molar-refractivity contribution in [1.82, 2.24) is 15.1 Å². The highest BCUT2D eigenvalue weighted by Gasteiger charge is 2.31. The fraction of sp³-hybridized carbons (Fsp3) is 0.421. The highest BCUT2D eigenvalue weighted by Crippen LogP contribution is 2.26. The van der Waals surface area contributed by atoms with Crippen LogP contribution in [0.25, 0.3) is 0 Å². The first-order valence-electron chi connectivity index (χ1n) is 8.52. The van der Waals surface area contributed by atoms with Gasteiger partial charge >= 0.3 is 0 Å². The Hall–Kier alpha value is -2.45. The van der Waals surface area contributed by atoms with Gasteiger partial charge in [0.1, 0.15) is 0 Å². The average molecular weight is 319 g/mol. The normalized spacial score (nSPS) is 16.8. The molecular weight excluding hydrogens is 298 g/mol. The van der Waals surface area contributed by atoms with Crippen molar-refractivity contribution in [3.63, 3.8) is 0 Å². The van der Waals surface area contributed by atoms with Crippen molar-refractivity contribution in [2.24, 2.45) is 0 Å². The van der Waals surface area contributed by atoms with Gasteiger partial charge in [0.2, 0.25) is 0 Å². The van der Waals surface area contributed by atoms with Crippen LogP contribution in [0.3, 0.4) is 0 Å². The Kier molecular flexibility index (Phi) is 3.91. The molecule has 24 heavy (non-hydrogen) atoms. The Balaban J connectivity index is 1.34. The summed E-state index contributed by atoms with van der Waals surface area (Å²) >= 11 is 0. The Morgan fingerprint density at radius 3 is 2.75 bits per heavy atom. The molecule has 1 aromatic carbocycles. The predicted molar refractivity (Wildman–Crippen MR) is 92.7 cm³/mol. The largest absolute Gasteiger partial charge is 0.352 e. The first-order chi connectivity index (χ1) is 11.7. The van der Waals surface area contributed by atoms with Gasteiger partial charge in [0, 0.05) is 25.7 Å². The maximum Gasteiger partial charge on any atom is 0.151 e. The van der Waals surface area contributed by atoms with E-state index in [9.17, 15) is 0 Å². The van der Waals surface area contributed by atoms with E-state index in [0.717, 1.165) is 38.3 Å². The molecule has 1 saturated heterocycles. The second-order valence-electron chi connectivity index (χ2n) is 6.81. The highest BCUT2D eigenvalue weighted by atomic mass is 15.4. The lowest BCUT2D eigenvalue weighted by Crippen LogP contribution is -2.58. The van der Waals surface area contributed by atoms with Crippen LogP contribution in [0.4, 0.5) is 5.82 Å². The number of nitriles is 1. The minimum absolute atomic E-state index is 0.538. The number of rotatable bonds is 4.